The summed E-state index contributed by atoms with van der Waals surface area (Å²) in [6, 6.07) is 16.5. The van der Waals surface area contributed by atoms with Crippen LogP contribution in [0.3, 0.4) is 0 Å². The Morgan fingerprint density at radius 2 is 1.92 bits per heavy atom. The van der Waals surface area contributed by atoms with E-state index >= 15 is 0 Å². The molecule has 0 saturated heterocycles. The number of thiazole rings is 1. The second-order valence-electron chi connectivity index (χ2n) is 5.46. The topological polar surface area (TPSA) is 42.7 Å². The largest absolute Gasteiger partial charge is 0.380 e. The maximum Gasteiger partial charge on any atom is 0.183 e. The molecule has 0 spiro atoms. The van der Waals surface area contributed by atoms with Crippen molar-refractivity contribution in [2.45, 2.75) is 13.5 Å². The predicted molar refractivity (Wildman–Crippen MR) is 100 cm³/mol. The smallest absolute Gasteiger partial charge is 0.183 e. The molecule has 0 unspecified atom stereocenters. The number of para-hydroxylation sites is 2. The van der Waals surface area contributed by atoms with Crippen LogP contribution >= 0.6 is 22.9 Å². The van der Waals surface area contributed by atoms with E-state index in [-0.39, 0.29) is 0 Å². The Morgan fingerprint density at radius 3 is 2.67 bits per heavy atom. The molecular weight excluding hydrogens is 340 g/mol. The highest BCUT2D eigenvalue weighted by Gasteiger charge is 2.08. The number of hydrogen-bond acceptors (Lipinski definition) is 4. The lowest BCUT2D eigenvalue weighted by Gasteiger charge is -2.09. The molecule has 120 valence electrons. The quantitative estimate of drug-likeness (QED) is 0.557. The van der Waals surface area contributed by atoms with Gasteiger partial charge in [-0.15, -0.1) is 11.3 Å². The summed E-state index contributed by atoms with van der Waals surface area (Å²) >= 11 is 7.34. The van der Waals surface area contributed by atoms with Crippen LogP contribution < -0.4 is 5.32 Å². The fraction of sp³-hybridized carbons (Fsp3) is 0.111. The van der Waals surface area contributed by atoms with E-state index in [4.69, 9.17) is 11.6 Å². The van der Waals surface area contributed by atoms with E-state index in [2.05, 4.69) is 50.2 Å². The predicted octanol–water partition coefficient (Wildman–Crippen LogP) is 5.06. The summed E-state index contributed by atoms with van der Waals surface area (Å²) in [6.45, 7) is 2.75. The van der Waals surface area contributed by atoms with Crippen LogP contribution in [0, 0.1) is 6.92 Å². The maximum absolute atomic E-state index is 5.85. The molecule has 0 aliphatic heterocycles. The van der Waals surface area contributed by atoms with Gasteiger partial charge in [-0.2, -0.15) is 0 Å². The molecule has 0 aliphatic rings. The van der Waals surface area contributed by atoms with E-state index in [1.807, 2.05) is 25.1 Å². The van der Waals surface area contributed by atoms with E-state index in [1.54, 1.807) is 6.20 Å². The Hall–Kier alpha value is -2.37. The second-order valence-corrected chi connectivity index (χ2v) is 7.16. The third-order valence-corrected chi connectivity index (χ3v) is 4.96. The van der Waals surface area contributed by atoms with Gasteiger partial charge in [0.1, 0.15) is 5.82 Å². The number of halogens is 1. The highest BCUT2D eigenvalue weighted by Crippen LogP contribution is 2.23. The third-order valence-electron chi connectivity index (χ3n) is 3.85. The molecule has 0 bridgehead atoms. The van der Waals surface area contributed by atoms with Gasteiger partial charge in [-0.3, -0.25) is 4.57 Å². The molecule has 2 heterocycles. The summed E-state index contributed by atoms with van der Waals surface area (Å²) < 4.78 is 2.74. The average molecular weight is 355 g/mol. The van der Waals surface area contributed by atoms with E-state index in [9.17, 15) is 0 Å². The third kappa shape index (κ3) is 2.88. The zero-order valence-corrected chi connectivity index (χ0v) is 14.6. The number of anilines is 1. The van der Waals surface area contributed by atoms with Gasteiger partial charge in [0.25, 0.3) is 0 Å². The summed E-state index contributed by atoms with van der Waals surface area (Å²) in [5, 5.41) is 3.39. The minimum absolute atomic E-state index is 0.574. The van der Waals surface area contributed by atoms with Crippen LogP contribution in [0.15, 0.2) is 54.7 Å². The summed E-state index contributed by atoms with van der Waals surface area (Å²) in [6.07, 6.45) is 1.80. The fourth-order valence-corrected chi connectivity index (χ4v) is 3.67. The van der Waals surface area contributed by atoms with E-state index in [0.717, 1.165) is 39.7 Å². The molecule has 4 nitrogen and oxygen atoms in total. The van der Waals surface area contributed by atoms with Gasteiger partial charge in [-0.05, 0) is 43.3 Å². The summed E-state index contributed by atoms with van der Waals surface area (Å²) in [7, 11) is 0. The van der Waals surface area contributed by atoms with Crippen molar-refractivity contribution in [3.8, 4) is 5.69 Å². The molecule has 0 fully saturated rings. The van der Waals surface area contributed by atoms with E-state index < -0.39 is 0 Å². The molecule has 0 atom stereocenters. The first-order chi connectivity index (χ1) is 11.7. The van der Waals surface area contributed by atoms with Crippen LogP contribution in [0.1, 0.15) is 10.7 Å². The molecule has 24 heavy (non-hydrogen) atoms. The number of imidazole rings is 1. The van der Waals surface area contributed by atoms with Crippen molar-refractivity contribution in [1.29, 1.82) is 0 Å². The SMILES string of the molecule is Cc1nc2ccccc2n1-c1ccc(NCc2cnc(Cl)s2)cc1. The number of aromatic nitrogens is 3. The van der Waals surface area contributed by atoms with Gasteiger partial charge in [-0.25, -0.2) is 9.97 Å². The molecule has 6 heteroatoms. The molecule has 2 aromatic heterocycles. The number of benzene rings is 2. The Morgan fingerprint density at radius 1 is 1.12 bits per heavy atom. The van der Waals surface area contributed by atoms with Crippen molar-refractivity contribution >= 4 is 39.7 Å². The van der Waals surface area contributed by atoms with Gasteiger partial charge in [-0.1, -0.05) is 23.7 Å². The first-order valence-electron chi connectivity index (χ1n) is 7.59. The summed E-state index contributed by atoms with van der Waals surface area (Å²) in [5.74, 6) is 0.983. The Labute approximate surface area is 148 Å². The maximum atomic E-state index is 5.85. The lowest BCUT2D eigenvalue weighted by Crippen LogP contribution is -1.99. The summed E-state index contributed by atoms with van der Waals surface area (Å²) in [5.41, 5.74) is 4.30. The number of rotatable bonds is 4. The lowest BCUT2D eigenvalue weighted by molar-refractivity contribution is 1.00. The monoisotopic (exact) mass is 354 g/mol. The number of nitrogens with one attached hydrogen (secondary N) is 1. The minimum atomic E-state index is 0.574. The Bertz CT molecular complexity index is 988. The second kappa shape index (κ2) is 6.26. The van der Waals surface area contributed by atoms with Gasteiger partial charge in [0.05, 0.1) is 17.6 Å². The van der Waals surface area contributed by atoms with Crippen molar-refractivity contribution in [3.05, 3.63) is 69.9 Å². The lowest BCUT2D eigenvalue weighted by atomic mass is 10.2. The average Bonchev–Trinajstić information content (AvgIpc) is 3.15. The van der Waals surface area contributed by atoms with Crippen molar-refractivity contribution in [2.24, 2.45) is 0 Å². The standard InChI is InChI=1S/C18H15ClN4S/c1-12-22-16-4-2-3-5-17(16)23(12)14-8-6-13(7-9-14)20-10-15-11-21-18(19)24-15/h2-9,11,20H,10H2,1H3. The normalized spacial score (nSPS) is 11.1. The van der Waals surface area contributed by atoms with Crippen molar-refractivity contribution < 1.29 is 0 Å². The highest BCUT2D eigenvalue weighted by molar-refractivity contribution is 7.15. The van der Waals surface area contributed by atoms with Crippen LogP contribution in [0.5, 0.6) is 0 Å². The molecule has 0 aliphatic carbocycles. The van der Waals surface area contributed by atoms with Crippen LogP contribution in [0.25, 0.3) is 16.7 Å². The fourth-order valence-electron chi connectivity index (χ4n) is 2.76. The molecule has 2 aromatic carbocycles. The zero-order chi connectivity index (χ0) is 16.5. The molecule has 1 N–H and O–H groups in total. The van der Waals surface area contributed by atoms with Crippen molar-refractivity contribution in [1.82, 2.24) is 14.5 Å². The Balaban J connectivity index is 1.58. The zero-order valence-electron chi connectivity index (χ0n) is 13.0. The van der Waals surface area contributed by atoms with Crippen LogP contribution in [-0.4, -0.2) is 14.5 Å². The Kier molecular flexibility index (Phi) is 3.96. The number of aryl methyl sites for hydroxylation is 1. The molecule has 4 rings (SSSR count). The molecule has 0 saturated carbocycles. The molecule has 0 amide bonds. The van der Waals surface area contributed by atoms with Gasteiger partial charge >= 0.3 is 0 Å². The summed E-state index contributed by atoms with van der Waals surface area (Å²) in [4.78, 5) is 9.78. The van der Waals surface area contributed by atoms with Gasteiger partial charge in [0.15, 0.2) is 4.47 Å². The molecule has 0 radical (unpaired) electrons. The van der Waals surface area contributed by atoms with Crippen LogP contribution in [0.4, 0.5) is 5.69 Å². The van der Waals surface area contributed by atoms with Gasteiger partial charge in [0, 0.05) is 22.4 Å². The molecular formula is C18H15ClN4S. The molecule has 4 aromatic rings. The minimum Gasteiger partial charge on any atom is -0.380 e. The van der Waals surface area contributed by atoms with Gasteiger partial charge in [0.2, 0.25) is 0 Å². The number of hydrogen-bond donors (Lipinski definition) is 1. The first kappa shape index (κ1) is 15.2. The van der Waals surface area contributed by atoms with E-state index in [1.165, 1.54) is 11.3 Å². The van der Waals surface area contributed by atoms with Crippen LogP contribution in [-0.2, 0) is 6.54 Å². The van der Waals surface area contributed by atoms with Crippen molar-refractivity contribution in [2.75, 3.05) is 5.32 Å². The van der Waals surface area contributed by atoms with Gasteiger partial charge < -0.3 is 5.32 Å². The van der Waals surface area contributed by atoms with E-state index in [0.29, 0.717) is 4.47 Å². The number of fused-ring (bicyclic) bond motifs is 1. The highest BCUT2D eigenvalue weighted by atomic mass is 35.5. The van der Waals surface area contributed by atoms with Crippen LogP contribution in [0.2, 0.25) is 4.47 Å². The number of nitrogens with zero attached hydrogens (tertiary/aromatic N) is 3. The van der Waals surface area contributed by atoms with Crippen molar-refractivity contribution in [3.63, 3.8) is 0 Å². The first-order valence-corrected chi connectivity index (χ1v) is 8.79.